The molecule has 3 aliphatic heterocycles. The maximum Gasteiger partial charge on any atom is 0.416 e. The van der Waals surface area contributed by atoms with Crippen LogP contribution in [0.25, 0.3) is 0 Å². The van der Waals surface area contributed by atoms with Gasteiger partial charge < -0.3 is 9.80 Å². The number of hydrogen-bond donors (Lipinski definition) is 0. The monoisotopic (exact) mass is 381 g/mol. The lowest BCUT2D eigenvalue weighted by molar-refractivity contribution is -0.138. The maximum absolute atomic E-state index is 13.0. The van der Waals surface area contributed by atoms with E-state index in [0.717, 1.165) is 17.0 Å². The molecule has 4 rings (SSSR count). The van der Waals surface area contributed by atoms with Crippen molar-refractivity contribution in [3.8, 4) is 0 Å². The van der Waals surface area contributed by atoms with Crippen LogP contribution in [0.4, 0.5) is 23.7 Å². The summed E-state index contributed by atoms with van der Waals surface area (Å²) in [5, 5.41) is 0. The fourth-order valence-electron chi connectivity index (χ4n) is 4.57. The Morgan fingerprint density at radius 2 is 1.96 bits per heavy atom. The van der Waals surface area contributed by atoms with E-state index in [2.05, 4.69) is 0 Å². The predicted octanol–water partition coefficient (Wildman–Crippen LogP) is 2.48. The van der Waals surface area contributed by atoms with Gasteiger partial charge in [-0.1, -0.05) is 19.9 Å². The predicted molar refractivity (Wildman–Crippen MR) is 88.7 cm³/mol. The lowest BCUT2D eigenvalue weighted by Gasteiger charge is -2.34. The first kappa shape index (κ1) is 17.8. The summed E-state index contributed by atoms with van der Waals surface area (Å²) in [7, 11) is 0. The molecule has 1 aromatic rings. The van der Waals surface area contributed by atoms with Gasteiger partial charge >= 0.3 is 12.2 Å². The third kappa shape index (κ3) is 2.36. The smallest absolute Gasteiger partial charge is 0.335 e. The van der Waals surface area contributed by atoms with Gasteiger partial charge in [0.05, 0.1) is 23.3 Å². The zero-order valence-corrected chi connectivity index (χ0v) is 14.7. The molecular weight excluding hydrogens is 363 g/mol. The van der Waals surface area contributed by atoms with Crippen LogP contribution in [-0.4, -0.2) is 52.3 Å². The third-order valence-electron chi connectivity index (χ3n) is 5.81. The van der Waals surface area contributed by atoms with Crippen molar-refractivity contribution in [2.75, 3.05) is 11.4 Å². The number of anilines is 1. The molecule has 2 unspecified atom stereocenters. The van der Waals surface area contributed by atoms with E-state index in [1.807, 2.05) is 6.92 Å². The third-order valence-corrected chi connectivity index (χ3v) is 5.81. The number of imide groups is 1. The Morgan fingerprint density at radius 1 is 1.26 bits per heavy atom. The van der Waals surface area contributed by atoms with Gasteiger partial charge in [-0.2, -0.15) is 13.2 Å². The first-order valence-corrected chi connectivity index (χ1v) is 8.79. The van der Waals surface area contributed by atoms with Crippen molar-refractivity contribution in [2.45, 2.75) is 44.6 Å². The Balaban J connectivity index is 1.70. The average molecular weight is 381 g/mol. The highest BCUT2D eigenvalue weighted by Crippen LogP contribution is 2.46. The number of hydrogen-bond acceptors (Lipinski definition) is 3. The first-order valence-electron chi connectivity index (χ1n) is 8.79. The van der Waals surface area contributed by atoms with Gasteiger partial charge in [-0.05, 0) is 18.2 Å². The van der Waals surface area contributed by atoms with Gasteiger partial charge in [-0.15, -0.1) is 0 Å². The molecule has 0 radical (unpaired) electrons. The summed E-state index contributed by atoms with van der Waals surface area (Å²) in [5.74, 6) is -0.721. The molecule has 6 nitrogen and oxygen atoms in total. The molecule has 1 aromatic carbocycles. The molecule has 144 valence electrons. The highest BCUT2D eigenvalue weighted by Gasteiger charge is 2.65. The van der Waals surface area contributed by atoms with Gasteiger partial charge in [-0.25, -0.2) is 9.69 Å². The van der Waals surface area contributed by atoms with E-state index in [-0.39, 0.29) is 23.6 Å². The van der Waals surface area contributed by atoms with Crippen LogP contribution in [-0.2, 0) is 15.8 Å². The normalized spacial score (nSPS) is 29.7. The molecule has 27 heavy (non-hydrogen) atoms. The van der Waals surface area contributed by atoms with Crippen LogP contribution < -0.4 is 4.90 Å². The Hall–Kier alpha value is -2.58. The Bertz CT molecular complexity index is 841. The van der Waals surface area contributed by atoms with E-state index in [1.165, 1.54) is 17.0 Å². The summed E-state index contributed by atoms with van der Waals surface area (Å²) >= 11 is 0. The van der Waals surface area contributed by atoms with Crippen LogP contribution in [0.3, 0.4) is 0 Å². The van der Waals surface area contributed by atoms with E-state index < -0.39 is 35.8 Å². The molecule has 0 spiro atoms. The highest BCUT2D eigenvalue weighted by atomic mass is 19.4. The van der Waals surface area contributed by atoms with Crippen LogP contribution in [0.2, 0.25) is 0 Å². The quantitative estimate of drug-likeness (QED) is 0.740. The molecule has 3 heterocycles. The number of alkyl halides is 3. The first-order chi connectivity index (χ1) is 12.7. The minimum Gasteiger partial charge on any atom is -0.335 e. The van der Waals surface area contributed by atoms with Crippen LogP contribution in [0.15, 0.2) is 24.3 Å². The van der Waals surface area contributed by atoms with E-state index in [1.54, 1.807) is 11.8 Å². The van der Waals surface area contributed by atoms with E-state index in [9.17, 15) is 27.6 Å². The number of nitrogens with zero attached hydrogens (tertiary/aromatic N) is 3. The van der Waals surface area contributed by atoms with E-state index in [4.69, 9.17) is 0 Å². The SMILES string of the molecule is CCC(=O)N1CC2[C@@H](C)C1[C@@H]1C(=O)N(c3cccc(C(F)(F)F)c3)C(=O)N21. The number of carbonyl (C=O) groups is 3. The van der Waals surface area contributed by atoms with Crippen molar-refractivity contribution in [1.82, 2.24) is 9.80 Å². The fraction of sp³-hybridized carbons (Fsp3) is 0.500. The van der Waals surface area contributed by atoms with Gasteiger partial charge in [0.15, 0.2) is 0 Å². The molecule has 0 aromatic heterocycles. The van der Waals surface area contributed by atoms with Crippen LogP contribution in [0.1, 0.15) is 25.8 Å². The van der Waals surface area contributed by atoms with Crippen molar-refractivity contribution in [2.24, 2.45) is 5.92 Å². The fourth-order valence-corrected chi connectivity index (χ4v) is 4.57. The largest absolute Gasteiger partial charge is 0.416 e. The summed E-state index contributed by atoms with van der Waals surface area (Å²) in [6, 6.07) is 1.99. The number of halogens is 3. The number of amides is 4. The second-order valence-corrected chi connectivity index (χ2v) is 7.17. The summed E-state index contributed by atoms with van der Waals surface area (Å²) in [6.07, 6.45) is -4.28. The van der Waals surface area contributed by atoms with E-state index in [0.29, 0.717) is 13.0 Å². The van der Waals surface area contributed by atoms with Crippen molar-refractivity contribution >= 4 is 23.5 Å². The number of carbonyl (C=O) groups excluding carboxylic acids is 3. The zero-order valence-electron chi connectivity index (χ0n) is 14.7. The molecule has 3 saturated heterocycles. The number of urea groups is 1. The van der Waals surface area contributed by atoms with E-state index >= 15 is 0 Å². The summed E-state index contributed by atoms with van der Waals surface area (Å²) in [5.41, 5.74) is -1.03. The maximum atomic E-state index is 13.0. The highest BCUT2D eigenvalue weighted by molar-refractivity contribution is 6.22. The minimum atomic E-state index is -4.57. The second-order valence-electron chi connectivity index (χ2n) is 7.17. The molecule has 3 fully saturated rings. The molecule has 0 N–H and O–H groups in total. The van der Waals surface area contributed by atoms with Crippen molar-refractivity contribution in [3.63, 3.8) is 0 Å². The van der Waals surface area contributed by atoms with Gasteiger partial charge in [0.2, 0.25) is 5.91 Å². The lowest BCUT2D eigenvalue weighted by atomic mass is 9.99. The molecule has 4 amide bonds. The Morgan fingerprint density at radius 3 is 2.59 bits per heavy atom. The van der Waals surface area contributed by atoms with Crippen molar-refractivity contribution in [1.29, 1.82) is 0 Å². The summed E-state index contributed by atoms with van der Waals surface area (Å²) in [6.45, 7) is 3.98. The average Bonchev–Trinajstić information content (AvgIpc) is 3.19. The molecule has 0 aliphatic carbocycles. The number of rotatable bonds is 2. The molecule has 9 heteroatoms. The van der Waals surface area contributed by atoms with Crippen LogP contribution in [0, 0.1) is 5.92 Å². The molecule has 0 saturated carbocycles. The summed E-state index contributed by atoms with van der Waals surface area (Å²) < 4.78 is 39.0. The van der Waals surface area contributed by atoms with Crippen LogP contribution >= 0.6 is 0 Å². The standard InChI is InChI=1S/C18H18F3N3O3/c1-3-13(25)22-8-12-9(2)14(22)15-16(26)23(17(27)24(12)15)11-6-4-5-10(7-11)18(19,20)21/h4-7,9,12,14-15H,3,8H2,1-2H3/t9-,12?,14?,15-/m1/s1. The zero-order chi connectivity index (χ0) is 19.7. The van der Waals surface area contributed by atoms with Crippen LogP contribution in [0.5, 0.6) is 0 Å². The topological polar surface area (TPSA) is 60.9 Å². The molecule has 4 atom stereocenters. The number of piperazine rings is 1. The second kappa shape index (κ2) is 5.71. The van der Waals surface area contributed by atoms with Gasteiger partial charge in [-0.3, -0.25) is 9.59 Å². The van der Waals surface area contributed by atoms with Crippen molar-refractivity contribution < 1.29 is 27.6 Å². The minimum absolute atomic E-state index is 0.0536. The number of likely N-dealkylation sites (tertiary alicyclic amines) is 1. The van der Waals surface area contributed by atoms with Gasteiger partial charge in [0.25, 0.3) is 5.91 Å². The number of fused-ring (bicyclic) bond motifs is 5. The van der Waals surface area contributed by atoms with Crippen molar-refractivity contribution in [3.05, 3.63) is 29.8 Å². The lowest BCUT2D eigenvalue weighted by Crippen LogP contribution is -2.54. The molecule has 3 aliphatic rings. The Kier molecular flexibility index (Phi) is 3.77. The van der Waals surface area contributed by atoms with Gasteiger partial charge in [0.1, 0.15) is 6.04 Å². The summed E-state index contributed by atoms with van der Waals surface area (Å²) in [4.78, 5) is 42.0. The Labute approximate surface area is 153 Å². The molecular formula is C18H18F3N3O3. The number of benzene rings is 1. The van der Waals surface area contributed by atoms with Gasteiger partial charge in [0, 0.05) is 18.9 Å². The molecule has 2 bridgehead atoms.